The summed E-state index contributed by atoms with van der Waals surface area (Å²) in [6.45, 7) is 3.63. The molecule has 96 valence electrons. The van der Waals surface area contributed by atoms with E-state index in [0.717, 1.165) is 0 Å². The van der Waals surface area contributed by atoms with Gasteiger partial charge in [0.1, 0.15) is 5.70 Å². The Balaban J connectivity index is 1.98. The molecule has 0 radical (unpaired) electrons. The Hall–Kier alpha value is -0.720. The maximum Gasteiger partial charge on any atom is 0.297 e. The van der Waals surface area contributed by atoms with Crippen LogP contribution in [-0.2, 0) is 4.79 Å². The topological polar surface area (TPSA) is 69.8 Å². The van der Waals surface area contributed by atoms with E-state index in [4.69, 9.17) is 0 Å². The lowest BCUT2D eigenvalue weighted by molar-refractivity contribution is -0.746. The van der Waals surface area contributed by atoms with Gasteiger partial charge in [0.15, 0.2) is 0 Å². The van der Waals surface area contributed by atoms with Crippen molar-refractivity contribution in [3.05, 3.63) is 12.3 Å². The van der Waals surface area contributed by atoms with Crippen molar-refractivity contribution < 1.29 is 10.1 Å². The Morgan fingerprint density at radius 1 is 1.41 bits per heavy atom. The summed E-state index contributed by atoms with van der Waals surface area (Å²) in [7, 11) is 0. The molecular formula is C11H21N4OS+. The molecule has 6 heteroatoms. The molecule has 0 bridgehead atoms. The first kappa shape index (κ1) is 12.7. The highest BCUT2D eigenvalue weighted by Crippen LogP contribution is 2.17. The van der Waals surface area contributed by atoms with E-state index in [0.29, 0.717) is 11.7 Å². The maximum absolute atomic E-state index is 11.7. The van der Waals surface area contributed by atoms with Gasteiger partial charge in [0.05, 0.1) is 6.04 Å². The lowest BCUT2D eigenvalue weighted by Gasteiger charge is -2.38. The van der Waals surface area contributed by atoms with E-state index in [2.05, 4.69) is 28.1 Å². The number of hydrazine groups is 1. The predicted octanol–water partition coefficient (Wildman–Crippen LogP) is -0.405. The van der Waals surface area contributed by atoms with E-state index in [-0.39, 0.29) is 5.91 Å². The second kappa shape index (κ2) is 5.29. The van der Waals surface area contributed by atoms with Gasteiger partial charge in [-0.15, -0.1) is 0 Å². The van der Waals surface area contributed by atoms with E-state index in [1.807, 2.05) is 6.26 Å². The normalized spacial score (nSPS) is 30.9. The van der Waals surface area contributed by atoms with Crippen LogP contribution in [0.3, 0.4) is 0 Å². The Kier molecular flexibility index (Phi) is 3.96. The largest absolute Gasteiger partial charge is 0.310 e. The predicted molar refractivity (Wildman–Crippen MR) is 68.6 cm³/mol. The number of hydrogen-bond acceptors (Lipinski definition) is 4. The lowest BCUT2D eigenvalue weighted by Crippen LogP contribution is -3.08. The van der Waals surface area contributed by atoms with Crippen molar-refractivity contribution in [3.63, 3.8) is 0 Å². The zero-order valence-electron chi connectivity index (χ0n) is 10.2. The van der Waals surface area contributed by atoms with Gasteiger partial charge >= 0.3 is 0 Å². The second-order valence-electron chi connectivity index (χ2n) is 4.69. The van der Waals surface area contributed by atoms with E-state index < -0.39 is 5.12 Å². The molecule has 2 fully saturated rings. The number of carbonyl (C=O) groups excluding carboxylic acids is 1. The molecule has 1 aliphatic carbocycles. The molecule has 2 aliphatic rings. The molecule has 1 amide bonds. The molecule has 0 aromatic rings. The fourth-order valence-corrected chi connectivity index (χ4v) is 3.06. The van der Waals surface area contributed by atoms with Crippen LogP contribution in [0.15, 0.2) is 12.3 Å². The lowest BCUT2D eigenvalue weighted by atomic mass is 9.95. The van der Waals surface area contributed by atoms with Crippen LogP contribution in [0, 0.1) is 0 Å². The molecule has 1 saturated carbocycles. The summed E-state index contributed by atoms with van der Waals surface area (Å²) in [5.74, 6) is -0.134. The first-order valence-electron chi connectivity index (χ1n) is 6.11. The molecule has 0 aromatic heterocycles. The Bertz CT molecular complexity index is 317. The fraction of sp³-hybridized carbons (Fsp3) is 0.727. The Labute approximate surface area is 106 Å². The molecule has 2 rings (SSSR count). The van der Waals surface area contributed by atoms with Gasteiger partial charge in [-0.1, -0.05) is 24.8 Å². The quantitative estimate of drug-likeness (QED) is 0.410. The highest BCUT2D eigenvalue weighted by Gasteiger charge is 2.41. The van der Waals surface area contributed by atoms with Gasteiger partial charge < -0.3 is 5.43 Å². The van der Waals surface area contributed by atoms with Crippen molar-refractivity contribution in [1.82, 2.24) is 16.2 Å². The van der Waals surface area contributed by atoms with Crippen LogP contribution < -0.4 is 21.5 Å². The number of nitrogens with two attached hydrogens (primary N) is 1. The summed E-state index contributed by atoms with van der Waals surface area (Å²) in [6.07, 6.45) is 8.36. The zero-order chi connectivity index (χ0) is 12.3. The monoisotopic (exact) mass is 257 g/mol. The van der Waals surface area contributed by atoms with Crippen LogP contribution in [0.4, 0.5) is 0 Å². The Morgan fingerprint density at radius 3 is 2.71 bits per heavy atom. The van der Waals surface area contributed by atoms with Gasteiger partial charge in [-0.3, -0.25) is 15.4 Å². The number of thioether (sulfide) groups is 1. The Morgan fingerprint density at radius 2 is 2.12 bits per heavy atom. The standard InChI is InChI=1S/C11H20N4OS/c1-8-10(16)13-11(17-2,15-14-8)12-9-6-4-3-5-7-9/h9,12,14-15H,1,3-7H2,2H3,(H,13,16)/p+1. The summed E-state index contributed by atoms with van der Waals surface area (Å²) >= 11 is 1.59. The minimum Gasteiger partial charge on any atom is -0.310 e. The van der Waals surface area contributed by atoms with Gasteiger partial charge in [0.2, 0.25) is 0 Å². The summed E-state index contributed by atoms with van der Waals surface area (Å²) in [4.78, 5) is 11.7. The van der Waals surface area contributed by atoms with Crippen LogP contribution >= 0.6 is 11.8 Å². The molecule has 0 spiro atoms. The van der Waals surface area contributed by atoms with Crippen molar-refractivity contribution in [2.75, 3.05) is 6.26 Å². The fourth-order valence-electron chi connectivity index (χ4n) is 2.39. The number of rotatable bonds is 3. The second-order valence-corrected chi connectivity index (χ2v) is 5.74. The van der Waals surface area contributed by atoms with Crippen LogP contribution in [-0.4, -0.2) is 23.3 Å². The van der Waals surface area contributed by atoms with E-state index in [1.54, 1.807) is 11.8 Å². The number of quaternary nitrogens is 1. The number of nitrogens with one attached hydrogen (secondary N) is 3. The van der Waals surface area contributed by atoms with Gasteiger partial charge in [-0.25, -0.2) is 0 Å². The van der Waals surface area contributed by atoms with E-state index in [9.17, 15) is 4.79 Å². The van der Waals surface area contributed by atoms with Crippen LogP contribution in [0.2, 0.25) is 0 Å². The summed E-state index contributed by atoms with van der Waals surface area (Å²) in [6, 6.07) is 0.581. The van der Waals surface area contributed by atoms with Crippen LogP contribution in [0.1, 0.15) is 32.1 Å². The number of hydrogen-bond donors (Lipinski definition) is 4. The maximum atomic E-state index is 11.7. The molecule has 1 heterocycles. The molecule has 0 aromatic carbocycles. The smallest absolute Gasteiger partial charge is 0.297 e. The third-order valence-electron chi connectivity index (χ3n) is 3.41. The minimum absolute atomic E-state index is 0.134. The molecule has 17 heavy (non-hydrogen) atoms. The van der Waals surface area contributed by atoms with E-state index in [1.165, 1.54) is 32.1 Å². The van der Waals surface area contributed by atoms with Gasteiger partial charge in [0, 0.05) is 0 Å². The first-order chi connectivity index (χ1) is 8.15. The third-order valence-corrected chi connectivity index (χ3v) is 4.40. The van der Waals surface area contributed by atoms with Crippen LogP contribution in [0.5, 0.6) is 0 Å². The molecule has 1 saturated heterocycles. The first-order valence-corrected chi connectivity index (χ1v) is 7.33. The van der Waals surface area contributed by atoms with Crippen molar-refractivity contribution in [2.45, 2.75) is 43.3 Å². The minimum atomic E-state index is -0.500. The van der Waals surface area contributed by atoms with Crippen LogP contribution in [0.25, 0.3) is 0 Å². The van der Waals surface area contributed by atoms with Crippen molar-refractivity contribution in [1.29, 1.82) is 0 Å². The van der Waals surface area contributed by atoms with E-state index >= 15 is 0 Å². The SMILES string of the molecule is C=C1NNC([NH2+]C2CCCCC2)(SC)NC1=O. The third kappa shape index (κ3) is 2.94. The number of amides is 1. The highest BCUT2D eigenvalue weighted by atomic mass is 32.2. The van der Waals surface area contributed by atoms with Gasteiger partial charge in [-0.05, 0) is 31.9 Å². The van der Waals surface area contributed by atoms with Crippen molar-refractivity contribution >= 4 is 17.7 Å². The summed E-state index contributed by atoms with van der Waals surface area (Å²) < 4.78 is 0. The summed E-state index contributed by atoms with van der Waals surface area (Å²) in [5.41, 5.74) is 6.36. The average molecular weight is 257 g/mol. The zero-order valence-corrected chi connectivity index (χ0v) is 11.0. The molecule has 1 aliphatic heterocycles. The van der Waals surface area contributed by atoms with Gasteiger partial charge in [-0.2, -0.15) is 5.43 Å². The van der Waals surface area contributed by atoms with Crippen molar-refractivity contribution in [3.8, 4) is 0 Å². The van der Waals surface area contributed by atoms with Crippen molar-refractivity contribution in [2.24, 2.45) is 0 Å². The van der Waals surface area contributed by atoms with Gasteiger partial charge in [0.25, 0.3) is 11.0 Å². The molecule has 1 atom stereocenters. The molecule has 5 N–H and O–H groups in total. The molecule has 5 nitrogen and oxygen atoms in total. The highest BCUT2D eigenvalue weighted by molar-refractivity contribution is 7.99. The summed E-state index contributed by atoms with van der Waals surface area (Å²) in [5, 5.41) is 4.70. The molecule has 1 unspecified atom stereocenters. The number of carbonyl (C=O) groups is 1. The molecular weight excluding hydrogens is 236 g/mol. The average Bonchev–Trinajstić information content (AvgIpc) is 2.35.